The molecule has 3 aromatic rings. The number of benzene rings is 2. The molecule has 0 saturated carbocycles. The third kappa shape index (κ3) is 4.59. The van der Waals surface area contributed by atoms with Crippen molar-refractivity contribution in [3.05, 3.63) is 89.9 Å². The number of pyridine rings is 1. The molecule has 0 unspecified atom stereocenters. The van der Waals surface area contributed by atoms with Crippen molar-refractivity contribution in [2.75, 3.05) is 17.7 Å². The molecule has 8 heteroatoms. The van der Waals surface area contributed by atoms with E-state index in [1.165, 1.54) is 18.9 Å². The number of methoxy groups -OCH3 is 1. The molecule has 8 nitrogen and oxygen atoms in total. The molecule has 0 radical (unpaired) electrons. The second-order valence-corrected chi connectivity index (χ2v) is 7.39. The number of hydrogen-bond acceptors (Lipinski definition) is 6. The van der Waals surface area contributed by atoms with Gasteiger partial charge in [0.2, 0.25) is 5.91 Å². The molecule has 1 aromatic heterocycles. The molecule has 2 aromatic carbocycles. The van der Waals surface area contributed by atoms with E-state index < -0.39 is 11.8 Å². The summed E-state index contributed by atoms with van der Waals surface area (Å²) in [6.45, 7) is 1.52. The van der Waals surface area contributed by atoms with Crippen molar-refractivity contribution in [3.63, 3.8) is 0 Å². The first-order valence-electron chi connectivity index (χ1n) is 10.3. The molecule has 0 saturated heterocycles. The number of carbonyl (C=O) groups is 3. The zero-order chi connectivity index (χ0) is 23.4. The van der Waals surface area contributed by atoms with Gasteiger partial charge in [-0.15, -0.1) is 0 Å². The Labute approximate surface area is 190 Å². The number of imide groups is 1. The van der Waals surface area contributed by atoms with Gasteiger partial charge in [0, 0.05) is 36.3 Å². The van der Waals surface area contributed by atoms with Crippen LogP contribution in [-0.4, -0.2) is 34.7 Å². The van der Waals surface area contributed by atoms with Crippen LogP contribution < -0.4 is 15.4 Å². The Morgan fingerprint density at radius 3 is 2.36 bits per heavy atom. The Morgan fingerprint density at radius 2 is 1.70 bits per heavy atom. The Bertz CT molecular complexity index is 1240. The van der Waals surface area contributed by atoms with Crippen LogP contribution >= 0.6 is 0 Å². The molecule has 2 heterocycles. The first-order chi connectivity index (χ1) is 16.0. The lowest BCUT2D eigenvalue weighted by atomic mass is 10.0. The van der Waals surface area contributed by atoms with Gasteiger partial charge in [-0.25, -0.2) is 0 Å². The lowest BCUT2D eigenvalue weighted by Crippen LogP contribution is -2.32. The van der Waals surface area contributed by atoms with Crippen LogP contribution in [0.4, 0.5) is 11.4 Å². The average molecular weight is 442 g/mol. The van der Waals surface area contributed by atoms with E-state index in [2.05, 4.69) is 15.6 Å². The molecule has 33 heavy (non-hydrogen) atoms. The van der Waals surface area contributed by atoms with Crippen LogP contribution in [0.2, 0.25) is 0 Å². The van der Waals surface area contributed by atoms with Gasteiger partial charge in [0.25, 0.3) is 11.8 Å². The normalized spacial score (nSPS) is 13.3. The molecule has 0 fully saturated rings. The van der Waals surface area contributed by atoms with E-state index in [0.29, 0.717) is 22.7 Å². The highest BCUT2D eigenvalue weighted by atomic mass is 16.5. The first-order valence-corrected chi connectivity index (χ1v) is 10.3. The van der Waals surface area contributed by atoms with Crippen molar-refractivity contribution in [2.24, 2.45) is 0 Å². The Morgan fingerprint density at radius 1 is 0.970 bits per heavy atom. The molecular formula is C25H22N4O4. The van der Waals surface area contributed by atoms with E-state index in [-0.39, 0.29) is 23.7 Å². The molecule has 3 amide bonds. The minimum atomic E-state index is -0.448. The summed E-state index contributed by atoms with van der Waals surface area (Å²) in [5.41, 5.74) is 2.85. The molecule has 4 rings (SSSR count). The SMILES string of the molecule is COc1ccccc1C1=C(Nc2ccc(NC(C)=O)cc2)C(=O)N(Cc2cccnc2)C1=O. The summed E-state index contributed by atoms with van der Waals surface area (Å²) in [5.74, 6) is -0.571. The number of nitrogens with one attached hydrogen (secondary N) is 2. The third-order valence-corrected chi connectivity index (χ3v) is 5.08. The number of anilines is 2. The minimum absolute atomic E-state index is 0.0941. The summed E-state index contributed by atoms with van der Waals surface area (Å²) in [6, 6.07) is 17.5. The zero-order valence-electron chi connectivity index (χ0n) is 18.2. The molecule has 0 aliphatic carbocycles. The van der Waals surface area contributed by atoms with Gasteiger partial charge in [-0.2, -0.15) is 0 Å². The van der Waals surface area contributed by atoms with E-state index >= 15 is 0 Å². The van der Waals surface area contributed by atoms with Gasteiger partial charge in [-0.05, 0) is 42.0 Å². The van der Waals surface area contributed by atoms with Crippen molar-refractivity contribution >= 4 is 34.7 Å². The molecule has 1 aliphatic heterocycles. The van der Waals surface area contributed by atoms with Crippen LogP contribution in [-0.2, 0) is 20.9 Å². The number of nitrogens with zero attached hydrogens (tertiary/aromatic N) is 2. The van der Waals surface area contributed by atoms with Crippen molar-refractivity contribution in [3.8, 4) is 5.75 Å². The third-order valence-electron chi connectivity index (χ3n) is 5.08. The number of ether oxygens (including phenoxy) is 1. The smallest absolute Gasteiger partial charge is 0.278 e. The lowest BCUT2D eigenvalue weighted by molar-refractivity contribution is -0.137. The molecule has 166 valence electrons. The number of para-hydroxylation sites is 1. The number of hydrogen-bond donors (Lipinski definition) is 2. The Kier molecular flexibility index (Phi) is 6.17. The average Bonchev–Trinajstić information content (AvgIpc) is 3.04. The van der Waals surface area contributed by atoms with Gasteiger partial charge < -0.3 is 15.4 Å². The van der Waals surface area contributed by atoms with Crippen molar-refractivity contribution in [1.29, 1.82) is 0 Å². The van der Waals surface area contributed by atoms with Crippen LogP contribution in [0.5, 0.6) is 5.75 Å². The first kappa shape index (κ1) is 21.8. The van der Waals surface area contributed by atoms with E-state index in [1.54, 1.807) is 67.0 Å². The predicted octanol–water partition coefficient (Wildman–Crippen LogP) is 3.44. The number of amides is 3. The number of rotatable bonds is 7. The minimum Gasteiger partial charge on any atom is -0.496 e. The van der Waals surface area contributed by atoms with E-state index in [4.69, 9.17) is 4.74 Å². The molecule has 2 N–H and O–H groups in total. The number of aromatic nitrogens is 1. The standard InChI is InChI=1S/C25H22N4O4/c1-16(30)27-18-9-11-19(12-10-18)28-23-22(20-7-3-4-8-21(20)33-2)24(31)29(25(23)32)15-17-6-5-13-26-14-17/h3-14,28H,15H2,1-2H3,(H,27,30). The van der Waals surface area contributed by atoms with Crippen molar-refractivity contribution in [1.82, 2.24) is 9.88 Å². The molecular weight excluding hydrogens is 420 g/mol. The maximum atomic E-state index is 13.4. The largest absolute Gasteiger partial charge is 0.496 e. The van der Waals surface area contributed by atoms with E-state index in [9.17, 15) is 14.4 Å². The fraction of sp³-hybridized carbons (Fsp3) is 0.120. The van der Waals surface area contributed by atoms with E-state index in [0.717, 1.165) is 5.56 Å². The van der Waals surface area contributed by atoms with Crippen molar-refractivity contribution < 1.29 is 19.1 Å². The topological polar surface area (TPSA) is 101 Å². The zero-order valence-corrected chi connectivity index (χ0v) is 18.2. The Balaban J connectivity index is 1.73. The van der Waals surface area contributed by atoms with Gasteiger partial charge in [-0.3, -0.25) is 24.3 Å². The maximum absolute atomic E-state index is 13.4. The van der Waals surface area contributed by atoms with Crippen LogP contribution in [0.25, 0.3) is 5.57 Å². The van der Waals surface area contributed by atoms with Crippen LogP contribution in [0.1, 0.15) is 18.1 Å². The van der Waals surface area contributed by atoms with Crippen LogP contribution in [0.3, 0.4) is 0 Å². The van der Waals surface area contributed by atoms with Gasteiger partial charge in [0.1, 0.15) is 11.4 Å². The predicted molar refractivity (Wildman–Crippen MR) is 124 cm³/mol. The van der Waals surface area contributed by atoms with Gasteiger partial charge in [0.15, 0.2) is 0 Å². The summed E-state index contributed by atoms with van der Waals surface area (Å²) >= 11 is 0. The van der Waals surface area contributed by atoms with Gasteiger partial charge in [0.05, 0.1) is 19.2 Å². The van der Waals surface area contributed by atoms with Gasteiger partial charge >= 0.3 is 0 Å². The fourth-order valence-corrected chi connectivity index (χ4v) is 3.60. The number of carbonyl (C=O) groups excluding carboxylic acids is 3. The summed E-state index contributed by atoms with van der Waals surface area (Å²) in [7, 11) is 1.52. The fourth-order valence-electron chi connectivity index (χ4n) is 3.60. The second kappa shape index (κ2) is 9.35. The summed E-state index contributed by atoms with van der Waals surface area (Å²) in [4.78, 5) is 43.4. The highest BCUT2D eigenvalue weighted by molar-refractivity contribution is 6.36. The Hall–Kier alpha value is -4.46. The highest BCUT2D eigenvalue weighted by Gasteiger charge is 2.40. The van der Waals surface area contributed by atoms with Crippen LogP contribution in [0, 0.1) is 0 Å². The molecule has 0 atom stereocenters. The highest BCUT2D eigenvalue weighted by Crippen LogP contribution is 2.36. The molecule has 0 spiro atoms. The maximum Gasteiger partial charge on any atom is 0.278 e. The summed E-state index contributed by atoms with van der Waals surface area (Å²) in [6.07, 6.45) is 3.25. The quantitative estimate of drug-likeness (QED) is 0.544. The summed E-state index contributed by atoms with van der Waals surface area (Å²) < 4.78 is 5.45. The summed E-state index contributed by atoms with van der Waals surface area (Å²) in [5, 5.41) is 5.80. The molecule has 0 bridgehead atoms. The van der Waals surface area contributed by atoms with Crippen LogP contribution in [0.15, 0.2) is 78.8 Å². The monoisotopic (exact) mass is 442 g/mol. The van der Waals surface area contributed by atoms with Gasteiger partial charge in [-0.1, -0.05) is 24.3 Å². The lowest BCUT2D eigenvalue weighted by Gasteiger charge is -2.15. The van der Waals surface area contributed by atoms with E-state index in [1.807, 2.05) is 6.07 Å². The molecule has 1 aliphatic rings. The van der Waals surface area contributed by atoms with Crippen molar-refractivity contribution in [2.45, 2.75) is 13.5 Å². The second-order valence-electron chi connectivity index (χ2n) is 7.39.